The second-order valence-corrected chi connectivity index (χ2v) is 1.76. The molecule has 0 bridgehead atoms. The first kappa shape index (κ1) is 9.01. The van der Waals surface area contributed by atoms with Gasteiger partial charge in [0.15, 0.2) is 0 Å². The van der Waals surface area contributed by atoms with Gasteiger partial charge < -0.3 is 5.21 Å². The highest BCUT2D eigenvalue weighted by Crippen LogP contribution is 1.99. The van der Waals surface area contributed by atoms with Gasteiger partial charge in [0.2, 0.25) is 0 Å². The number of rotatable bonds is 0. The maximum Gasteiger partial charge on any atom is 0.132 e. The second kappa shape index (κ2) is 3.93. The van der Waals surface area contributed by atoms with E-state index in [-0.39, 0.29) is 0 Å². The second-order valence-electron chi connectivity index (χ2n) is 1.76. The van der Waals surface area contributed by atoms with E-state index in [0.717, 1.165) is 16.1 Å². The summed E-state index contributed by atoms with van der Waals surface area (Å²) in [5.41, 5.74) is 1.66. The summed E-state index contributed by atoms with van der Waals surface area (Å²) in [7, 11) is 0. The molecular formula is C7H14N2O. The van der Waals surface area contributed by atoms with Crippen LogP contribution in [0.1, 0.15) is 25.2 Å². The van der Waals surface area contributed by atoms with E-state index >= 15 is 0 Å². The third-order valence-corrected chi connectivity index (χ3v) is 1.23. The van der Waals surface area contributed by atoms with Crippen molar-refractivity contribution in [2.75, 3.05) is 0 Å². The van der Waals surface area contributed by atoms with Crippen LogP contribution < -0.4 is 0 Å². The normalized spacial score (nSPS) is 8.40. The van der Waals surface area contributed by atoms with Gasteiger partial charge in [0.1, 0.15) is 6.33 Å². The van der Waals surface area contributed by atoms with Gasteiger partial charge in [0.25, 0.3) is 0 Å². The first-order valence-corrected chi connectivity index (χ1v) is 3.41. The fourth-order valence-corrected chi connectivity index (χ4v) is 0.487. The summed E-state index contributed by atoms with van der Waals surface area (Å²) in [5.74, 6) is 0. The summed E-state index contributed by atoms with van der Waals surface area (Å²) in [5, 5.41) is 8.79. The Balaban J connectivity index is 0.000000371. The minimum atomic E-state index is 0.796. The molecular weight excluding hydrogens is 128 g/mol. The number of aryl methyl sites for hydroxylation is 1. The topological polar surface area (TPSA) is 38.0 Å². The van der Waals surface area contributed by atoms with E-state index < -0.39 is 0 Å². The van der Waals surface area contributed by atoms with Crippen molar-refractivity contribution in [1.82, 2.24) is 9.71 Å². The van der Waals surface area contributed by atoms with Crippen LogP contribution in [0.25, 0.3) is 0 Å². The highest BCUT2D eigenvalue weighted by atomic mass is 16.5. The molecule has 10 heavy (non-hydrogen) atoms. The Morgan fingerprint density at radius 1 is 1.40 bits per heavy atom. The van der Waals surface area contributed by atoms with Crippen molar-refractivity contribution in [3.05, 3.63) is 17.7 Å². The zero-order valence-corrected chi connectivity index (χ0v) is 6.92. The molecule has 1 aromatic heterocycles. The van der Waals surface area contributed by atoms with Crippen LogP contribution in [0.2, 0.25) is 0 Å². The Kier molecular flexibility index (Phi) is 3.54. The predicted octanol–water partition coefficient (Wildman–Crippen LogP) is 1.76. The quantitative estimate of drug-likeness (QED) is 0.560. The van der Waals surface area contributed by atoms with Gasteiger partial charge >= 0.3 is 0 Å². The molecule has 0 saturated carbocycles. The minimum Gasteiger partial charge on any atom is -0.427 e. The maximum atomic E-state index is 8.79. The molecule has 0 amide bonds. The maximum absolute atomic E-state index is 8.79. The van der Waals surface area contributed by atoms with E-state index in [9.17, 15) is 0 Å². The van der Waals surface area contributed by atoms with Gasteiger partial charge in [-0.05, 0) is 13.8 Å². The van der Waals surface area contributed by atoms with Crippen LogP contribution in [-0.2, 0) is 0 Å². The Morgan fingerprint density at radius 2 is 1.90 bits per heavy atom. The highest BCUT2D eigenvalue weighted by Gasteiger charge is 1.96. The van der Waals surface area contributed by atoms with Crippen molar-refractivity contribution in [2.24, 2.45) is 0 Å². The summed E-state index contributed by atoms with van der Waals surface area (Å²) >= 11 is 0. The van der Waals surface area contributed by atoms with Gasteiger partial charge in [0.05, 0.1) is 11.4 Å². The van der Waals surface area contributed by atoms with Crippen LogP contribution in [0.3, 0.4) is 0 Å². The van der Waals surface area contributed by atoms with Gasteiger partial charge in [-0.15, -0.1) is 0 Å². The Morgan fingerprint density at radius 3 is 2.00 bits per heavy atom. The SMILES string of the molecule is CC.Cc1ncn(O)c1C. The van der Waals surface area contributed by atoms with Crippen LogP contribution in [-0.4, -0.2) is 14.9 Å². The molecule has 0 unspecified atom stereocenters. The van der Waals surface area contributed by atoms with Crippen molar-refractivity contribution in [3.63, 3.8) is 0 Å². The Hall–Kier alpha value is -0.990. The fourth-order valence-electron chi connectivity index (χ4n) is 0.487. The van der Waals surface area contributed by atoms with Gasteiger partial charge in [-0.2, -0.15) is 4.73 Å². The first-order valence-electron chi connectivity index (χ1n) is 3.41. The van der Waals surface area contributed by atoms with E-state index in [1.807, 2.05) is 27.7 Å². The van der Waals surface area contributed by atoms with Gasteiger partial charge in [-0.1, -0.05) is 13.8 Å². The van der Waals surface area contributed by atoms with E-state index in [1.165, 1.54) is 6.33 Å². The zero-order chi connectivity index (χ0) is 8.15. The smallest absolute Gasteiger partial charge is 0.132 e. The standard InChI is InChI=1S/C5H8N2O.C2H6/c1-4-5(2)7(8)3-6-4;1-2/h3,8H,1-2H3;1-2H3. The van der Waals surface area contributed by atoms with Gasteiger partial charge in [0, 0.05) is 0 Å². The average molecular weight is 142 g/mol. The summed E-state index contributed by atoms with van der Waals surface area (Å²) < 4.78 is 1.01. The zero-order valence-electron chi connectivity index (χ0n) is 6.92. The van der Waals surface area contributed by atoms with E-state index in [2.05, 4.69) is 4.98 Å². The lowest BCUT2D eigenvalue weighted by atomic mass is 10.4. The molecule has 3 heteroatoms. The fraction of sp³-hybridized carbons (Fsp3) is 0.571. The molecule has 0 saturated heterocycles. The third-order valence-electron chi connectivity index (χ3n) is 1.23. The van der Waals surface area contributed by atoms with Crippen molar-refractivity contribution >= 4 is 0 Å². The molecule has 0 aliphatic rings. The Labute approximate surface area is 61.3 Å². The van der Waals surface area contributed by atoms with Crippen LogP contribution in [0.4, 0.5) is 0 Å². The molecule has 0 atom stereocenters. The molecule has 1 rings (SSSR count). The van der Waals surface area contributed by atoms with E-state index in [0.29, 0.717) is 0 Å². The largest absolute Gasteiger partial charge is 0.427 e. The van der Waals surface area contributed by atoms with Crippen molar-refractivity contribution in [3.8, 4) is 0 Å². The first-order chi connectivity index (χ1) is 4.72. The Bertz CT molecular complexity index is 174. The molecule has 0 aromatic carbocycles. The lowest BCUT2D eigenvalue weighted by molar-refractivity contribution is 0.179. The van der Waals surface area contributed by atoms with Gasteiger partial charge in [-0.25, -0.2) is 4.98 Å². The lowest BCUT2D eigenvalue weighted by Crippen LogP contribution is -1.89. The molecule has 1 N–H and O–H groups in total. The molecule has 0 spiro atoms. The summed E-state index contributed by atoms with van der Waals surface area (Å²) in [6.07, 6.45) is 1.38. The number of hydrogen-bond donors (Lipinski definition) is 1. The molecule has 0 fully saturated rings. The van der Waals surface area contributed by atoms with E-state index in [1.54, 1.807) is 0 Å². The van der Waals surface area contributed by atoms with E-state index in [4.69, 9.17) is 5.21 Å². The molecule has 0 aliphatic heterocycles. The molecule has 58 valence electrons. The summed E-state index contributed by atoms with van der Waals surface area (Å²) in [6, 6.07) is 0. The van der Waals surface area contributed by atoms with Gasteiger partial charge in [-0.3, -0.25) is 0 Å². The van der Waals surface area contributed by atoms with Crippen LogP contribution in [0, 0.1) is 13.8 Å². The van der Waals surface area contributed by atoms with Crippen LogP contribution in [0.15, 0.2) is 6.33 Å². The van der Waals surface area contributed by atoms with Crippen molar-refractivity contribution in [2.45, 2.75) is 27.7 Å². The average Bonchev–Trinajstić information content (AvgIpc) is 2.25. The predicted molar refractivity (Wildman–Crippen MR) is 40.2 cm³/mol. The molecule has 1 heterocycles. The number of imidazole rings is 1. The number of aromatic nitrogens is 2. The molecule has 0 radical (unpaired) electrons. The monoisotopic (exact) mass is 142 g/mol. The number of hydrogen-bond acceptors (Lipinski definition) is 2. The number of nitrogens with zero attached hydrogens (tertiary/aromatic N) is 2. The lowest BCUT2D eigenvalue weighted by Gasteiger charge is -1.89. The third kappa shape index (κ3) is 1.76. The summed E-state index contributed by atoms with van der Waals surface area (Å²) in [6.45, 7) is 7.66. The molecule has 1 aromatic rings. The molecule has 0 aliphatic carbocycles. The molecule has 3 nitrogen and oxygen atoms in total. The minimum absolute atomic E-state index is 0.796. The van der Waals surface area contributed by atoms with Crippen molar-refractivity contribution < 1.29 is 5.21 Å². The summed E-state index contributed by atoms with van der Waals surface area (Å²) in [4.78, 5) is 3.83. The van der Waals surface area contributed by atoms with Crippen LogP contribution >= 0.6 is 0 Å². The highest BCUT2D eigenvalue weighted by molar-refractivity contribution is 5.06. The van der Waals surface area contributed by atoms with Crippen molar-refractivity contribution in [1.29, 1.82) is 0 Å². The van der Waals surface area contributed by atoms with Crippen LogP contribution in [0.5, 0.6) is 0 Å².